The van der Waals surface area contributed by atoms with Gasteiger partial charge in [0.2, 0.25) is 0 Å². The van der Waals surface area contributed by atoms with E-state index in [2.05, 4.69) is 29.5 Å². The van der Waals surface area contributed by atoms with E-state index in [0.717, 1.165) is 24.5 Å². The summed E-state index contributed by atoms with van der Waals surface area (Å²) in [6.45, 7) is 5.77. The number of guanidine groups is 1. The van der Waals surface area contributed by atoms with E-state index in [-0.39, 0.29) is 6.61 Å². The highest BCUT2D eigenvalue weighted by molar-refractivity contribution is 5.79. The molecule has 1 aromatic carbocycles. The number of ether oxygens (including phenoxy) is 1. The van der Waals surface area contributed by atoms with E-state index in [1.165, 1.54) is 0 Å². The fourth-order valence-electron chi connectivity index (χ4n) is 1.79. The number of carbonyl (C=O) groups excluding carboxylic acids is 1. The number of nitrogens with zero attached hydrogens (tertiary/aromatic N) is 1. The summed E-state index contributed by atoms with van der Waals surface area (Å²) in [6, 6.07) is 7.52. The molecular weight excluding hydrogens is 280 g/mol. The molecule has 22 heavy (non-hydrogen) atoms. The number of benzene rings is 1. The highest BCUT2D eigenvalue weighted by Gasteiger charge is 2.02. The van der Waals surface area contributed by atoms with Gasteiger partial charge in [-0.3, -0.25) is 9.79 Å². The summed E-state index contributed by atoms with van der Waals surface area (Å²) >= 11 is 0. The first-order valence-corrected chi connectivity index (χ1v) is 7.45. The van der Waals surface area contributed by atoms with Gasteiger partial charge >= 0.3 is 0 Å². The van der Waals surface area contributed by atoms with E-state index in [9.17, 15) is 4.79 Å². The second kappa shape index (κ2) is 9.65. The number of nitrogens with two attached hydrogens (primary N) is 1. The van der Waals surface area contributed by atoms with Crippen LogP contribution in [0.2, 0.25) is 0 Å². The fourth-order valence-corrected chi connectivity index (χ4v) is 1.79. The van der Waals surface area contributed by atoms with Crippen molar-refractivity contribution in [2.75, 3.05) is 20.2 Å². The summed E-state index contributed by atoms with van der Waals surface area (Å²) in [5.41, 5.74) is 6.10. The Balaban J connectivity index is 2.45. The predicted molar refractivity (Wildman–Crippen MR) is 88.8 cm³/mol. The molecule has 0 atom stereocenters. The molecule has 0 aliphatic heterocycles. The third-order valence-electron chi connectivity index (χ3n) is 2.98. The fraction of sp³-hybridized carbons (Fsp3) is 0.500. The van der Waals surface area contributed by atoms with Crippen molar-refractivity contribution in [3.63, 3.8) is 0 Å². The Morgan fingerprint density at radius 2 is 2.14 bits per heavy atom. The van der Waals surface area contributed by atoms with Crippen molar-refractivity contribution < 1.29 is 9.53 Å². The van der Waals surface area contributed by atoms with E-state index >= 15 is 0 Å². The van der Waals surface area contributed by atoms with Crippen LogP contribution in [0.15, 0.2) is 29.3 Å². The first-order chi connectivity index (χ1) is 10.5. The van der Waals surface area contributed by atoms with Crippen LogP contribution in [-0.4, -0.2) is 32.1 Å². The average molecular weight is 306 g/mol. The van der Waals surface area contributed by atoms with Crippen LogP contribution in [-0.2, 0) is 11.3 Å². The standard InChI is InChI=1S/C16H26N4O2/c1-12(2)7-8-19-16(18-3)20-10-13-5-4-6-14(9-13)22-11-15(17)21/h4-6,9,12H,7-8,10-11H2,1-3H3,(H2,17,21)(H2,18,19,20). The van der Waals surface area contributed by atoms with Gasteiger partial charge < -0.3 is 21.1 Å². The molecule has 122 valence electrons. The van der Waals surface area contributed by atoms with Crippen LogP contribution in [0.3, 0.4) is 0 Å². The Morgan fingerprint density at radius 3 is 2.77 bits per heavy atom. The van der Waals surface area contributed by atoms with Gasteiger partial charge in [0.15, 0.2) is 12.6 Å². The Hall–Kier alpha value is -2.24. The van der Waals surface area contributed by atoms with Gasteiger partial charge in [0.1, 0.15) is 5.75 Å². The molecule has 0 aliphatic carbocycles. The van der Waals surface area contributed by atoms with Crippen LogP contribution in [0.5, 0.6) is 5.75 Å². The van der Waals surface area contributed by atoms with Crippen molar-refractivity contribution in [1.29, 1.82) is 0 Å². The van der Waals surface area contributed by atoms with Crippen molar-refractivity contribution in [1.82, 2.24) is 10.6 Å². The molecule has 0 aliphatic rings. The minimum absolute atomic E-state index is 0.116. The number of amides is 1. The number of nitrogens with one attached hydrogen (secondary N) is 2. The van der Waals surface area contributed by atoms with Gasteiger partial charge in [0.05, 0.1) is 0 Å². The highest BCUT2D eigenvalue weighted by Crippen LogP contribution is 2.12. The van der Waals surface area contributed by atoms with Crippen molar-refractivity contribution in [3.8, 4) is 5.75 Å². The zero-order valence-corrected chi connectivity index (χ0v) is 13.6. The number of rotatable bonds is 8. The van der Waals surface area contributed by atoms with Crippen molar-refractivity contribution >= 4 is 11.9 Å². The number of aliphatic imine (C=N–C) groups is 1. The van der Waals surface area contributed by atoms with Crippen molar-refractivity contribution in [2.45, 2.75) is 26.8 Å². The molecule has 0 radical (unpaired) electrons. The van der Waals surface area contributed by atoms with Crippen LogP contribution in [0.1, 0.15) is 25.8 Å². The molecule has 0 unspecified atom stereocenters. The molecule has 0 heterocycles. The van der Waals surface area contributed by atoms with Crippen LogP contribution < -0.4 is 21.1 Å². The minimum Gasteiger partial charge on any atom is -0.484 e. The summed E-state index contributed by atoms with van der Waals surface area (Å²) in [4.78, 5) is 14.9. The summed E-state index contributed by atoms with van der Waals surface area (Å²) in [5, 5.41) is 6.52. The minimum atomic E-state index is -0.488. The number of hydrogen-bond donors (Lipinski definition) is 3. The highest BCUT2D eigenvalue weighted by atomic mass is 16.5. The van der Waals surface area contributed by atoms with Crippen molar-refractivity contribution in [3.05, 3.63) is 29.8 Å². The molecule has 1 aromatic rings. The second-order valence-electron chi connectivity index (χ2n) is 5.44. The quantitative estimate of drug-likeness (QED) is 0.498. The summed E-state index contributed by atoms with van der Waals surface area (Å²) in [5.74, 6) is 1.56. The first-order valence-electron chi connectivity index (χ1n) is 7.45. The van der Waals surface area contributed by atoms with Crippen molar-refractivity contribution in [2.24, 2.45) is 16.6 Å². The normalized spacial score (nSPS) is 11.4. The van der Waals surface area contributed by atoms with Crippen LogP contribution >= 0.6 is 0 Å². The number of hydrogen-bond acceptors (Lipinski definition) is 3. The maximum atomic E-state index is 10.7. The third kappa shape index (κ3) is 7.52. The Bertz CT molecular complexity index is 501. The lowest BCUT2D eigenvalue weighted by molar-refractivity contribution is -0.119. The lowest BCUT2D eigenvalue weighted by Gasteiger charge is -2.13. The SMILES string of the molecule is CN=C(NCCC(C)C)NCc1cccc(OCC(N)=O)c1. The second-order valence-corrected chi connectivity index (χ2v) is 5.44. The molecular formula is C16H26N4O2. The average Bonchev–Trinajstić information content (AvgIpc) is 2.48. The number of carbonyl (C=O) groups is 1. The van der Waals surface area contributed by atoms with Crippen LogP contribution in [0.4, 0.5) is 0 Å². The molecule has 0 bridgehead atoms. The van der Waals surface area contributed by atoms with Gasteiger partial charge in [-0.15, -0.1) is 0 Å². The predicted octanol–water partition coefficient (Wildman–Crippen LogP) is 1.26. The summed E-state index contributed by atoms with van der Waals surface area (Å²) in [7, 11) is 1.75. The molecule has 1 rings (SSSR count). The molecule has 0 saturated carbocycles. The van der Waals surface area contributed by atoms with Gasteiger partial charge in [-0.2, -0.15) is 0 Å². The molecule has 0 spiro atoms. The summed E-state index contributed by atoms with van der Waals surface area (Å²) in [6.07, 6.45) is 1.09. The molecule has 1 amide bonds. The van der Waals surface area contributed by atoms with E-state index in [4.69, 9.17) is 10.5 Å². The Labute approximate surface area is 132 Å². The maximum absolute atomic E-state index is 10.7. The van der Waals surface area contributed by atoms with Gasteiger partial charge in [0.25, 0.3) is 5.91 Å². The van der Waals surface area contributed by atoms with Gasteiger partial charge in [0, 0.05) is 20.1 Å². The largest absolute Gasteiger partial charge is 0.484 e. The molecule has 0 saturated heterocycles. The Kier molecular flexibility index (Phi) is 7.81. The lowest BCUT2D eigenvalue weighted by atomic mass is 10.1. The molecule has 4 N–H and O–H groups in total. The van der Waals surface area contributed by atoms with E-state index in [1.807, 2.05) is 18.2 Å². The van der Waals surface area contributed by atoms with Gasteiger partial charge in [-0.25, -0.2) is 0 Å². The van der Waals surface area contributed by atoms with E-state index in [1.54, 1.807) is 13.1 Å². The van der Waals surface area contributed by atoms with E-state index < -0.39 is 5.91 Å². The summed E-state index contributed by atoms with van der Waals surface area (Å²) < 4.78 is 5.28. The lowest BCUT2D eigenvalue weighted by Crippen LogP contribution is -2.37. The zero-order valence-electron chi connectivity index (χ0n) is 13.6. The van der Waals surface area contributed by atoms with Crippen LogP contribution in [0.25, 0.3) is 0 Å². The van der Waals surface area contributed by atoms with Gasteiger partial charge in [-0.05, 0) is 30.0 Å². The maximum Gasteiger partial charge on any atom is 0.255 e. The molecule has 6 nitrogen and oxygen atoms in total. The molecule has 0 aromatic heterocycles. The third-order valence-corrected chi connectivity index (χ3v) is 2.98. The van der Waals surface area contributed by atoms with Crippen LogP contribution in [0, 0.1) is 5.92 Å². The zero-order chi connectivity index (χ0) is 16.4. The Morgan fingerprint density at radius 1 is 1.36 bits per heavy atom. The number of primary amides is 1. The first kappa shape index (κ1) is 17.8. The monoisotopic (exact) mass is 306 g/mol. The molecule has 6 heteroatoms. The smallest absolute Gasteiger partial charge is 0.255 e. The molecule has 0 fully saturated rings. The van der Waals surface area contributed by atoms with Gasteiger partial charge in [-0.1, -0.05) is 26.0 Å². The topological polar surface area (TPSA) is 88.7 Å². The van der Waals surface area contributed by atoms with E-state index in [0.29, 0.717) is 18.2 Å².